The average molecular weight is 705 g/mol. The zero-order valence-corrected chi connectivity index (χ0v) is 29.7. The minimum absolute atomic E-state index is 0.0639. The third-order valence-electron chi connectivity index (χ3n) is 11.6. The van der Waals surface area contributed by atoms with Crippen molar-refractivity contribution in [1.82, 2.24) is 14.5 Å². The van der Waals surface area contributed by atoms with Gasteiger partial charge in [-0.3, -0.25) is 4.57 Å². The second kappa shape index (κ2) is 11.6. The van der Waals surface area contributed by atoms with Crippen molar-refractivity contribution in [3.8, 4) is 17.2 Å². The molecular formula is C50H32N4O. The van der Waals surface area contributed by atoms with E-state index in [1.165, 1.54) is 48.7 Å². The number of pyridine rings is 1. The van der Waals surface area contributed by atoms with Crippen LogP contribution in [-0.4, -0.2) is 20.6 Å². The van der Waals surface area contributed by atoms with Crippen molar-refractivity contribution in [3.05, 3.63) is 188 Å². The molecule has 0 spiro atoms. The Balaban J connectivity index is 1.06. The number of aromatic nitrogens is 3. The van der Waals surface area contributed by atoms with Crippen molar-refractivity contribution in [3.63, 3.8) is 0 Å². The van der Waals surface area contributed by atoms with E-state index in [0.29, 0.717) is 0 Å². The van der Waals surface area contributed by atoms with E-state index >= 15 is 0 Å². The summed E-state index contributed by atoms with van der Waals surface area (Å²) in [5, 5.41) is 10.9. The predicted molar refractivity (Wildman–Crippen MR) is 226 cm³/mol. The number of allylic oxidation sites excluding steroid dienone is 2. The molecule has 10 aromatic rings. The summed E-state index contributed by atoms with van der Waals surface area (Å²) in [4.78, 5) is 12.7. The smallest absolute Gasteiger partial charge is 0.142 e. The first kappa shape index (κ1) is 30.2. The zero-order valence-electron chi connectivity index (χ0n) is 29.7. The van der Waals surface area contributed by atoms with Gasteiger partial charge in [0, 0.05) is 34.2 Å². The van der Waals surface area contributed by atoms with E-state index < -0.39 is 0 Å². The first-order chi connectivity index (χ1) is 27.3. The lowest BCUT2D eigenvalue weighted by Crippen LogP contribution is -2.29. The van der Waals surface area contributed by atoms with Crippen LogP contribution in [0.1, 0.15) is 11.5 Å². The summed E-state index contributed by atoms with van der Waals surface area (Å²) in [5.74, 6) is 2.67. The van der Waals surface area contributed by atoms with E-state index in [0.717, 1.165) is 50.6 Å². The van der Waals surface area contributed by atoms with Crippen LogP contribution in [0.25, 0.3) is 70.7 Å². The van der Waals surface area contributed by atoms with Crippen LogP contribution >= 0.6 is 0 Å². The fourth-order valence-corrected chi connectivity index (χ4v) is 9.14. The van der Waals surface area contributed by atoms with Crippen molar-refractivity contribution in [2.45, 2.75) is 12.0 Å². The highest BCUT2D eigenvalue weighted by atomic mass is 16.5. The van der Waals surface area contributed by atoms with Gasteiger partial charge in [0.2, 0.25) is 0 Å². The SMILES string of the molecule is C1=CC2c3ccc(Oc4cccc(-n5cnc6ccccc65)c4)cc3N(c3nc4ccc5ccc6ccccc6c5c4c4c3ccc3ccccc34)C2C=C1. The first-order valence-corrected chi connectivity index (χ1v) is 18.8. The number of para-hydroxylation sites is 2. The molecular weight excluding hydrogens is 673 g/mol. The van der Waals surface area contributed by atoms with Crippen LogP contribution in [0.4, 0.5) is 11.5 Å². The summed E-state index contributed by atoms with van der Waals surface area (Å²) < 4.78 is 8.78. The molecule has 55 heavy (non-hydrogen) atoms. The Bertz CT molecular complexity index is 3280. The number of rotatable bonds is 4. The lowest BCUT2D eigenvalue weighted by molar-refractivity contribution is 0.482. The van der Waals surface area contributed by atoms with Gasteiger partial charge in [0.1, 0.15) is 23.6 Å². The summed E-state index contributed by atoms with van der Waals surface area (Å²) in [6, 6.07) is 53.9. The second-order valence-corrected chi connectivity index (χ2v) is 14.6. The molecule has 0 saturated carbocycles. The van der Waals surface area contributed by atoms with Crippen molar-refractivity contribution in [1.29, 1.82) is 0 Å². The normalized spacial score (nSPS) is 16.2. The number of benzene rings is 8. The molecule has 258 valence electrons. The highest BCUT2D eigenvalue weighted by molar-refractivity contribution is 6.32. The van der Waals surface area contributed by atoms with Gasteiger partial charge in [0.15, 0.2) is 0 Å². The molecule has 0 bridgehead atoms. The standard InChI is InChI=1S/C50H32N4O/c1-3-14-37-31(10-1)20-21-33-23-27-43-49(47(33)37)48-38-15-4-2-11-32(38)22-25-41(48)50(52-43)54-44-18-7-5-16-39(44)40-26-24-36(29-46(40)54)55-35-13-9-12-34(28-35)53-30-51-42-17-6-8-19-45(42)53/h1-30,39,44H. The molecule has 0 saturated heterocycles. The number of hydrogen-bond donors (Lipinski definition) is 0. The van der Waals surface area contributed by atoms with Crippen LogP contribution in [-0.2, 0) is 0 Å². The van der Waals surface area contributed by atoms with Gasteiger partial charge in [-0.15, -0.1) is 0 Å². The Hall–Kier alpha value is -7.24. The lowest BCUT2D eigenvalue weighted by atomic mass is 9.91. The Labute approximate surface area is 316 Å². The molecule has 5 heteroatoms. The van der Waals surface area contributed by atoms with Gasteiger partial charge in [-0.2, -0.15) is 0 Å². The Kier molecular flexibility index (Phi) is 6.39. The van der Waals surface area contributed by atoms with Gasteiger partial charge >= 0.3 is 0 Å². The van der Waals surface area contributed by atoms with Crippen molar-refractivity contribution >= 4 is 76.5 Å². The molecule has 2 atom stereocenters. The van der Waals surface area contributed by atoms with Crippen LogP contribution in [0.15, 0.2) is 182 Å². The van der Waals surface area contributed by atoms with E-state index in [4.69, 9.17) is 9.72 Å². The lowest BCUT2D eigenvalue weighted by Gasteiger charge is -2.29. The fourth-order valence-electron chi connectivity index (χ4n) is 9.14. The van der Waals surface area contributed by atoms with E-state index in [9.17, 15) is 0 Å². The molecule has 0 N–H and O–H groups in total. The predicted octanol–water partition coefficient (Wildman–Crippen LogP) is 12.7. The third kappa shape index (κ3) is 4.53. The van der Waals surface area contributed by atoms with Crippen molar-refractivity contribution < 1.29 is 4.74 Å². The number of imidazole rings is 1. The molecule has 0 radical (unpaired) electrons. The Morgan fingerprint density at radius 1 is 0.527 bits per heavy atom. The van der Waals surface area contributed by atoms with Crippen molar-refractivity contribution in [2.75, 3.05) is 4.90 Å². The Morgan fingerprint density at radius 3 is 2.18 bits per heavy atom. The minimum Gasteiger partial charge on any atom is -0.457 e. The van der Waals surface area contributed by atoms with Crippen LogP contribution in [0, 0.1) is 0 Å². The topological polar surface area (TPSA) is 43.2 Å². The molecule has 3 heterocycles. The van der Waals surface area contributed by atoms with Gasteiger partial charge in [0.05, 0.1) is 34.0 Å². The summed E-state index contributed by atoms with van der Waals surface area (Å²) in [7, 11) is 0. The molecule has 1 aliphatic carbocycles. The Morgan fingerprint density at radius 2 is 1.27 bits per heavy atom. The summed E-state index contributed by atoms with van der Waals surface area (Å²) in [6.07, 6.45) is 10.8. The highest BCUT2D eigenvalue weighted by Gasteiger charge is 2.39. The molecule has 1 aliphatic heterocycles. The van der Waals surface area contributed by atoms with Gasteiger partial charge in [-0.05, 0) is 80.3 Å². The molecule has 5 nitrogen and oxygen atoms in total. The quantitative estimate of drug-likeness (QED) is 0.171. The number of ether oxygens (including phenoxy) is 1. The van der Waals surface area contributed by atoms with Crippen LogP contribution in [0.5, 0.6) is 11.5 Å². The van der Waals surface area contributed by atoms with Crippen LogP contribution in [0.3, 0.4) is 0 Å². The van der Waals surface area contributed by atoms with Gasteiger partial charge in [-0.25, -0.2) is 9.97 Å². The molecule has 2 unspecified atom stereocenters. The van der Waals surface area contributed by atoms with E-state index in [2.05, 4.69) is 160 Å². The second-order valence-electron chi connectivity index (χ2n) is 14.6. The fraction of sp³-hybridized carbons (Fsp3) is 0.0400. The number of nitrogens with zero attached hydrogens (tertiary/aromatic N) is 4. The van der Waals surface area contributed by atoms with E-state index in [1.54, 1.807) is 0 Å². The maximum Gasteiger partial charge on any atom is 0.142 e. The highest BCUT2D eigenvalue weighted by Crippen LogP contribution is 2.52. The zero-order chi connectivity index (χ0) is 36.0. The van der Waals surface area contributed by atoms with Gasteiger partial charge in [-0.1, -0.05) is 121 Å². The summed E-state index contributed by atoms with van der Waals surface area (Å²) in [5.41, 5.74) is 6.36. The van der Waals surface area contributed by atoms with Crippen molar-refractivity contribution in [2.24, 2.45) is 0 Å². The van der Waals surface area contributed by atoms with Crippen LogP contribution in [0.2, 0.25) is 0 Å². The number of fused-ring (bicyclic) bond motifs is 13. The maximum atomic E-state index is 6.68. The summed E-state index contributed by atoms with van der Waals surface area (Å²) >= 11 is 0. The largest absolute Gasteiger partial charge is 0.457 e. The van der Waals surface area contributed by atoms with Gasteiger partial charge in [0.25, 0.3) is 0 Å². The average Bonchev–Trinajstić information content (AvgIpc) is 3.82. The molecule has 0 fully saturated rings. The number of anilines is 2. The van der Waals surface area contributed by atoms with E-state index in [-0.39, 0.29) is 12.0 Å². The van der Waals surface area contributed by atoms with E-state index in [1.807, 2.05) is 36.7 Å². The first-order valence-electron chi connectivity index (χ1n) is 18.8. The third-order valence-corrected chi connectivity index (χ3v) is 11.6. The minimum atomic E-state index is 0.0639. The molecule has 2 aliphatic rings. The maximum absolute atomic E-state index is 6.68. The van der Waals surface area contributed by atoms with Gasteiger partial charge < -0.3 is 9.64 Å². The van der Waals surface area contributed by atoms with Crippen LogP contribution < -0.4 is 9.64 Å². The molecule has 8 aromatic carbocycles. The molecule has 0 amide bonds. The summed E-state index contributed by atoms with van der Waals surface area (Å²) in [6.45, 7) is 0. The molecule has 12 rings (SSSR count). The number of hydrogen-bond acceptors (Lipinski definition) is 4. The molecule has 2 aromatic heterocycles. The monoisotopic (exact) mass is 704 g/mol.